The van der Waals surface area contributed by atoms with Gasteiger partial charge in [0.1, 0.15) is 10.8 Å². The van der Waals surface area contributed by atoms with E-state index in [1.807, 2.05) is 0 Å². The van der Waals surface area contributed by atoms with Gasteiger partial charge >= 0.3 is 0 Å². The van der Waals surface area contributed by atoms with Crippen molar-refractivity contribution in [2.45, 2.75) is 37.6 Å². The van der Waals surface area contributed by atoms with Crippen LogP contribution in [0.25, 0.3) is 0 Å². The lowest BCUT2D eigenvalue weighted by Gasteiger charge is -2.48. The highest BCUT2D eigenvalue weighted by Gasteiger charge is 2.39. The Bertz CT molecular complexity index is 585. The smallest absolute Gasteiger partial charge is 0.271 e. The van der Waals surface area contributed by atoms with Gasteiger partial charge in [0, 0.05) is 25.2 Å². The van der Waals surface area contributed by atoms with E-state index in [9.17, 15) is 4.79 Å². The van der Waals surface area contributed by atoms with E-state index >= 15 is 0 Å². The van der Waals surface area contributed by atoms with Crippen LogP contribution >= 0.6 is 23.2 Å². The van der Waals surface area contributed by atoms with Gasteiger partial charge in [0.15, 0.2) is 0 Å². The highest BCUT2D eigenvalue weighted by molar-refractivity contribution is 6.34. The van der Waals surface area contributed by atoms with Gasteiger partial charge in [0.05, 0.1) is 18.2 Å². The van der Waals surface area contributed by atoms with Crippen LogP contribution in [0.3, 0.4) is 0 Å². The number of pyridine rings is 1. The molecule has 0 unspecified atom stereocenters. The first-order chi connectivity index (χ1) is 11.6. The molecule has 1 N–H and O–H groups in total. The van der Waals surface area contributed by atoms with Crippen LogP contribution in [0.2, 0.25) is 10.2 Å². The Balaban J connectivity index is 1.71. The second kappa shape index (κ2) is 8.00. The van der Waals surface area contributed by atoms with Gasteiger partial charge in [-0.05, 0) is 25.0 Å². The van der Waals surface area contributed by atoms with Crippen molar-refractivity contribution >= 4 is 29.1 Å². The number of ether oxygens (including phenoxy) is 1. The molecule has 1 saturated heterocycles. The van der Waals surface area contributed by atoms with E-state index in [1.54, 1.807) is 12.1 Å². The molecule has 2 aliphatic rings. The number of carbonyl (C=O) groups is 1. The number of amides is 1. The number of aromatic nitrogens is 1. The fourth-order valence-corrected chi connectivity index (χ4v) is 4.10. The molecule has 1 aliphatic carbocycles. The summed E-state index contributed by atoms with van der Waals surface area (Å²) < 4.78 is 5.49. The summed E-state index contributed by atoms with van der Waals surface area (Å²) in [5, 5.41) is 3.64. The zero-order valence-electron chi connectivity index (χ0n) is 13.7. The first-order valence-corrected chi connectivity index (χ1v) is 9.29. The predicted molar refractivity (Wildman–Crippen MR) is 94.8 cm³/mol. The summed E-state index contributed by atoms with van der Waals surface area (Å²) in [6.07, 6.45) is 5.86. The molecular weight excluding hydrogens is 349 g/mol. The fourth-order valence-electron chi connectivity index (χ4n) is 3.76. The second-order valence-electron chi connectivity index (χ2n) is 6.53. The van der Waals surface area contributed by atoms with Gasteiger partial charge in [-0.3, -0.25) is 9.69 Å². The SMILES string of the molecule is O=C(NCC1(N2CCOCC2)CCCCC1)c1nc(Cl)ccc1Cl. The van der Waals surface area contributed by atoms with Crippen molar-refractivity contribution in [3.8, 4) is 0 Å². The minimum Gasteiger partial charge on any atom is -0.379 e. The molecule has 1 aromatic heterocycles. The lowest BCUT2D eigenvalue weighted by molar-refractivity contribution is -0.0361. The maximum atomic E-state index is 12.5. The molecule has 2 heterocycles. The first-order valence-electron chi connectivity index (χ1n) is 8.54. The topological polar surface area (TPSA) is 54.5 Å². The average molecular weight is 372 g/mol. The summed E-state index contributed by atoms with van der Waals surface area (Å²) >= 11 is 12.0. The summed E-state index contributed by atoms with van der Waals surface area (Å²) in [6, 6.07) is 3.18. The number of nitrogens with one attached hydrogen (secondary N) is 1. The van der Waals surface area contributed by atoms with Crippen LogP contribution in [-0.4, -0.2) is 54.2 Å². The summed E-state index contributed by atoms with van der Waals surface area (Å²) in [6.45, 7) is 3.98. The minimum atomic E-state index is -0.263. The molecule has 1 saturated carbocycles. The van der Waals surface area contributed by atoms with Crippen LogP contribution in [0, 0.1) is 0 Å². The van der Waals surface area contributed by atoms with E-state index in [2.05, 4.69) is 15.2 Å². The van der Waals surface area contributed by atoms with Crippen molar-refractivity contribution in [1.82, 2.24) is 15.2 Å². The molecule has 2 fully saturated rings. The van der Waals surface area contributed by atoms with Crippen molar-refractivity contribution in [1.29, 1.82) is 0 Å². The maximum Gasteiger partial charge on any atom is 0.271 e. The van der Waals surface area contributed by atoms with Gasteiger partial charge in [0.2, 0.25) is 0 Å². The number of rotatable bonds is 4. The van der Waals surface area contributed by atoms with E-state index in [0.717, 1.165) is 39.1 Å². The molecule has 3 rings (SSSR count). The van der Waals surface area contributed by atoms with E-state index in [1.165, 1.54) is 19.3 Å². The number of carbonyl (C=O) groups excluding carboxylic acids is 1. The Labute approximate surface area is 152 Å². The fraction of sp³-hybridized carbons (Fsp3) is 0.647. The highest BCUT2D eigenvalue weighted by Crippen LogP contribution is 2.34. The minimum absolute atomic E-state index is 0.0166. The third kappa shape index (κ3) is 4.02. The molecule has 7 heteroatoms. The number of hydrogen-bond acceptors (Lipinski definition) is 4. The molecule has 24 heavy (non-hydrogen) atoms. The van der Waals surface area contributed by atoms with Gasteiger partial charge in [-0.1, -0.05) is 42.5 Å². The standard InChI is InChI=1S/C17H23Cl2N3O2/c18-13-4-5-14(19)21-15(13)16(23)20-12-17(6-2-1-3-7-17)22-8-10-24-11-9-22/h4-5H,1-3,6-12H2,(H,20,23). The number of halogens is 2. The summed E-state index contributed by atoms with van der Waals surface area (Å²) in [5.41, 5.74) is 0.208. The molecule has 0 radical (unpaired) electrons. The van der Waals surface area contributed by atoms with Gasteiger partial charge < -0.3 is 10.1 Å². The lowest BCUT2D eigenvalue weighted by Crippen LogP contribution is -2.59. The van der Waals surface area contributed by atoms with Crippen LogP contribution in [0.5, 0.6) is 0 Å². The third-order valence-corrected chi connectivity index (χ3v) is 5.59. The lowest BCUT2D eigenvalue weighted by atomic mass is 9.79. The molecule has 132 valence electrons. The van der Waals surface area contributed by atoms with Gasteiger partial charge in [-0.15, -0.1) is 0 Å². The van der Waals surface area contributed by atoms with E-state index in [4.69, 9.17) is 27.9 Å². The zero-order valence-corrected chi connectivity index (χ0v) is 15.2. The van der Waals surface area contributed by atoms with E-state index < -0.39 is 0 Å². The van der Waals surface area contributed by atoms with Crippen molar-refractivity contribution in [2.75, 3.05) is 32.8 Å². The number of nitrogens with zero attached hydrogens (tertiary/aromatic N) is 2. The molecule has 1 aromatic rings. The molecular formula is C17H23Cl2N3O2. The van der Waals surface area contributed by atoms with E-state index in [-0.39, 0.29) is 22.3 Å². The monoisotopic (exact) mass is 371 g/mol. The Morgan fingerprint density at radius 1 is 1.21 bits per heavy atom. The normalized spacial score (nSPS) is 21.4. The molecule has 0 atom stereocenters. The van der Waals surface area contributed by atoms with Crippen LogP contribution < -0.4 is 5.32 Å². The van der Waals surface area contributed by atoms with Crippen LogP contribution in [-0.2, 0) is 4.74 Å². The Morgan fingerprint density at radius 2 is 1.92 bits per heavy atom. The summed E-state index contributed by atoms with van der Waals surface area (Å²) in [7, 11) is 0. The molecule has 0 aromatic carbocycles. The molecule has 5 nitrogen and oxygen atoms in total. The Morgan fingerprint density at radius 3 is 2.62 bits per heavy atom. The molecule has 1 amide bonds. The molecule has 1 aliphatic heterocycles. The number of morpholine rings is 1. The van der Waals surface area contributed by atoms with Crippen LogP contribution in [0.4, 0.5) is 0 Å². The van der Waals surface area contributed by atoms with Crippen LogP contribution in [0.1, 0.15) is 42.6 Å². The largest absolute Gasteiger partial charge is 0.379 e. The average Bonchev–Trinajstić information content (AvgIpc) is 2.63. The third-order valence-electron chi connectivity index (χ3n) is 5.07. The first kappa shape index (κ1) is 17.9. The van der Waals surface area contributed by atoms with Gasteiger partial charge in [0.25, 0.3) is 5.91 Å². The molecule has 0 bridgehead atoms. The van der Waals surface area contributed by atoms with Crippen LogP contribution in [0.15, 0.2) is 12.1 Å². The maximum absolute atomic E-state index is 12.5. The van der Waals surface area contributed by atoms with Crippen molar-refractivity contribution in [2.24, 2.45) is 0 Å². The Hall–Kier alpha value is -0.880. The second-order valence-corrected chi connectivity index (χ2v) is 7.33. The van der Waals surface area contributed by atoms with Gasteiger partial charge in [-0.25, -0.2) is 4.98 Å². The van der Waals surface area contributed by atoms with E-state index in [0.29, 0.717) is 11.6 Å². The number of hydrogen-bond donors (Lipinski definition) is 1. The zero-order chi connectivity index (χ0) is 17.0. The summed E-state index contributed by atoms with van der Waals surface area (Å²) in [5.74, 6) is -0.263. The van der Waals surface area contributed by atoms with Crippen molar-refractivity contribution in [3.63, 3.8) is 0 Å². The van der Waals surface area contributed by atoms with Gasteiger partial charge in [-0.2, -0.15) is 0 Å². The summed E-state index contributed by atoms with van der Waals surface area (Å²) in [4.78, 5) is 19.1. The molecule has 0 spiro atoms. The quantitative estimate of drug-likeness (QED) is 0.825. The highest BCUT2D eigenvalue weighted by atomic mass is 35.5. The van der Waals surface area contributed by atoms with Crippen molar-refractivity contribution < 1.29 is 9.53 Å². The van der Waals surface area contributed by atoms with Crippen molar-refractivity contribution in [3.05, 3.63) is 28.0 Å². The predicted octanol–water partition coefficient (Wildman–Crippen LogP) is 3.15. The Kier molecular flexibility index (Phi) is 5.98.